The van der Waals surface area contributed by atoms with Crippen molar-refractivity contribution < 1.29 is 4.92 Å². The predicted octanol–water partition coefficient (Wildman–Crippen LogP) is 2.58. The number of hydrogen-bond acceptors (Lipinski definition) is 5. The smallest absolute Gasteiger partial charge is 0.311 e. The minimum atomic E-state index is -0.408. The van der Waals surface area contributed by atoms with E-state index in [4.69, 9.17) is 0 Å². The van der Waals surface area contributed by atoms with Gasteiger partial charge in [0.15, 0.2) is 0 Å². The number of piperidine rings is 1. The Hall–Kier alpha value is -1.69. The summed E-state index contributed by atoms with van der Waals surface area (Å²) >= 11 is 0. The number of hydrogen-bond donors (Lipinski definition) is 1. The molecule has 0 radical (unpaired) electrons. The number of hydrazine groups is 1. The third-order valence-electron chi connectivity index (χ3n) is 3.44. The summed E-state index contributed by atoms with van der Waals surface area (Å²) in [6, 6.07) is 2.40. The maximum Gasteiger partial charge on any atom is 0.311 e. The number of rotatable bonds is 3. The lowest BCUT2D eigenvalue weighted by atomic mass is 10.00. The topological polar surface area (TPSA) is 71.3 Å². The number of pyridine rings is 1. The molecule has 0 aliphatic carbocycles. The minimum Gasteiger partial charge on any atom is -0.312 e. The third-order valence-corrected chi connectivity index (χ3v) is 3.44. The highest BCUT2D eigenvalue weighted by Crippen LogP contribution is 2.27. The van der Waals surface area contributed by atoms with Crippen LogP contribution in [0.15, 0.2) is 18.5 Å². The van der Waals surface area contributed by atoms with E-state index < -0.39 is 4.92 Å². The van der Waals surface area contributed by atoms with Gasteiger partial charge in [0.25, 0.3) is 0 Å². The molecule has 1 saturated heterocycles. The molecule has 2 heterocycles. The molecule has 6 nitrogen and oxygen atoms in total. The van der Waals surface area contributed by atoms with E-state index in [2.05, 4.69) is 29.3 Å². The van der Waals surface area contributed by atoms with Crippen LogP contribution in [0.4, 0.5) is 11.4 Å². The van der Waals surface area contributed by atoms with Crippen molar-refractivity contribution >= 4 is 11.4 Å². The van der Waals surface area contributed by atoms with Crippen LogP contribution < -0.4 is 5.43 Å². The van der Waals surface area contributed by atoms with Gasteiger partial charge in [-0.25, -0.2) is 5.01 Å². The Morgan fingerprint density at radius 3 is 2.72 bits per heavy atom. The number of anilines is 1. The van der Waals surface area contributed by atoms with Gasteiger partial charge in [-0.2, -0.15) is 0 Å². The highest BCUT2D eigenvalue weighted by molar-refractivity contribution is 5.59. The average molecular weight is 250 g/mol. The van der Waals surface area contributed by atoms with Crippen LogP contribution in [0.25, 0.3) is 0 Å². The molecule has 0 spiro atoms. The molecule has 1 aliphatic rings. The molecular formula is C12H18N4O2. The first-order valence-corrected chi connectivity index (χ1v) is 6.23. The summed E-state index contributed by atoms with van der Waals surface area (Å²) in [5, 5.41) is 13.0. The third kappa shape index (κ3) is 2.59. The van der Waals surface area contributed by atoms with Gasteiger partial charge in [0, 0.05) is 18.3 Å². The van der Waals surface area contributed by atoms with Gasteiger partial charge in [0.05, 0.1) is 4.92 Å². The van der Waals surface area contributed by atoms with E-state index in [1.807, 2.05) is 0 Å². The molecule has 1 aliphatic heterocycles. The molecule has 0 saturated carbocycles. The molecule has 2 unspecified atom stereocenters. The zero-order chi connectivity index (χ0) is 13.1. The van der Waals surface area contributed by atoms with Crippen molar-refractivity contribution in [1.82, 2.24) is 9.99 Å². The number of nitrogens with zero attached hydrogens (tertiary/aromatic N) is 3. The fraction of sp³-hybridized carbons (Fsp3) is 0.583. The highest BCUT2D eigenvalue weighted by Gasteiger charge is 2.26. The molecule has 6 heteroatoms. The van der Waals surface area contributed by atoms with E-state index in [1.165, 1.54) is 12.6 Å². The molecule has 2 atom stereocenters. The molecule has 1 N–H and O–H groups in total. The van der Waals surface area contributed by atoms with Gasteiger partial charge < -0.3 is 5.43 Å². The van der Waals surface area contributed by atoms with Crippen molar-refractivity contribution in [2.24, 2.45) is 0 Å². The van der Waals surface area contributed by atoms with Crippen LogP contribution in [0.3, 0.4) is 0 Å². The Bertz CT molecular complexity index is 428. The first-order valence-electron chi connectivity index (χ1n) is 6.23. The summed E-state index contributed by atoms with van der Waals surface area (Å²) < 4.78 is 0. The van der Waals surface area contributed by atoms with E-state index in [-0.39, 0.29) is 5.69 Å². The second-order valence-corrected chi connectivity index (χ2v) is 4.80. The van der Waals surface area contributed by atoms with E-state index in [0.717, 1.165) is 12.8 Å². The molecule has 1 aromatic heterocycles. The van der Waals surface area contributed by atoms with Crippen LogP contribution in [-0.4, -0.2) is 27.0 Å². The van der Waals surface area contributed by atoms with E-state index in [0.29, 0.717) is 17.8 Å². The van der Waals surface area contributed by atoms with E-state index in [9.17, 15) is 10.1 Å². The van der Waals surface area contributed by atoms with Crippen LogP contribution in [0, 0.1) is 10.1 Å². The summed E-state index contributed by atoms with van der Waals surface area (Å²) in [5.41, 5.74) is 3.71. The monoisotopic (exact) mass is 250 g/mol. The van der Waals surface area contributed by atoms with Gasteiger partial charge in [-0.3, -0.25) is 15.1 Å². The Balaban J connectivity index is 2.20. The number of aromatic nitrogens is 1. The fourth-order valence-electron chi connectivity index (χ4n) is 2.41. The van der Waals surface area contributed by atoms with Crippen molar-refractivity contribution in [2.75, 3.05) is 5.43 Å². The van der Waals surface area contributed by atoms with E-state index in [1.54, 1.807) is 12.3 Å². The van der Waals surface area contributed by atoms with Crippen molar-refractivity contribution in [3.05, 3.63) is 28.6 Å². The summed E-state index contributed by atoms with van der Waals surface area (Å²) in [7, 11) is 0. The van der Waals surface area contributed by atoms with Crippen molar-refractivity contribution in [3.63, 3.8) is 0 Å². The Morgan fingerprint density at radius 1 is 1.44 bits per heavy atom. The van der Waals surface area contributed by atoms with Crippen molar-refractivity contribution in [1.29, 1.82) is 0 Å². The Kier molecular flexibility index (Phi) is 3.76. The van der Waals surface area contributed by atoms with Crippen molar-refractivity contribution in [3.8, 4) is 0 Å². The lowest BCUT2D eigenvalue weighted by Gasteiger charge is -2.39. The lowest BCUT2D eigenvalue weighted by molar-refractivity contribution is -0.384. The van der Waals surface area contributed by atoms with Gasteiger partial charge in [0.1, 0.15) is 11.9 Å². The molecule has 0 bridgehead atoms. The summed E-state index contributed by atoms with van der Waals surface area (Å²) in [6.45, 7) is 4.27. The molecule has 0 aromatic carbocycles. The van der Waals surface area contributed by atoms with Gasteiger partial charge in [-0.05, 0) is 32.8 Å². The van der Waals surface area contributed by atoms with E-state index >= 15 is 0 Å². The maximum absolute atomic E-state index is 10.9. The molecule has 0 amide bonds. The van der Waals surface area contributed by atoms with Crippen LogP contribution in [0.5, 0.6) is 0 Å². The zero-order valence-corrected chi connectivity index (χ0v) is 10.7. The first kappa shape index (κ1) is 12.8. The second kappa shape index (κ2) is 5.30. The SMILES string of the molecule is CC1CCCC(C)N1Nc1ccncc1[N+](=O)[O-]. The molecular weight excluding hydrogens is 232 g/mol. The van der Waals surface area contributed by atoms with Gasteiger partial charge in [-0.1, -0.05) is 6.42 Å². The van der Waals surface area contributed by atoms with Crippen LogP contribution >= 0.6 is 0 Å². The molecule has 1 aromatic rings. The Labute approximate surface area is 106 Å². The van der Waals surface area contributed by atoms with Crippen LogP contribution in [-0.2, 0) is 0 Å². The second-order valence-electron chi connectivity index (χ2n) is 4.80. The summed E-state index contributed by atoms with van der Waals surface area (Å²) in [5.74, 6) is 0. The standard InChI is InChI=1S/C12H18N4O2/c1-9-4-3-5-10(2)15(9)14-11-6-7-13-8-12(11)16(17)18/h6-10H,3-5H2,1-2H3,(H,13,14). The van der Waals surface area contributed by atoms with Crippen LogP contribution in [0.2, 0.25) is 0 Å². The predicted molar refractivity (Wildman–Crippen MR) is 69.1 cm³/mol. The molecule has 98 valence electrons. The summed E-state index contributed by atoms with van der Waals surface area (Å²) in [6.07, 6.45) is 6.27. The fourth-order valence-corrected chi connectivity index (χ4v) is 2.41. The molecule has 18 heavy (non-hydrogen) atoms. The van der Waals surface area contributed by atoms with Gasteiger partial charge in [0.2, 0.25) is 0 Å². The van der Waals surface area contributed by atoms with Crippen LogP contribution in [0.1, 0.15) is 33.1 Å². The Morgan fingerprint density at radius 2 is 2.11 bits per heavy atom. The average Bonchev–Trinajstić information content (AvgIpc) is 2.34. The quantitative estimate of drug-likeness (QED) is 0.659. The minimum absolute atomic E-state index is 0.0162. The maximum atomic E-state index is 10.9. The lowest BCUT2D eigenvalue weighted by Crippen LogP contribution is -2.47. The number of nitro groups is 1. The van der Waals surface area contributed by atoms with Gasteiger partial charge in [-0.15, -0.1) is 0 Å². The zero-order valence-electron chi connectivity index (χ0n) is 10.7. The largest absolute Gasteiger partial charge is 0.312 e. The molecule has 2 rings (SSSR count). The summed E-state index contributed by atoms with van der Waals surface area (Å²) in [4.78, 5) is 14.3. The first-order chi connectivity index (χ1) is 8.59. The normalized spacial score (nSPS) is 24.8. The van der Waals surface area contributed by atoms with Gasteiger partial charge >= 0.3 is 5.69 Å². The number of nitrogens with one attached hydrogen (secondary N) is 1. The molecule has 1 fully saturated rings. The van der Waals surface area contributed by atoms with Crippen molar-refractivity contribution in [2.45, 2.75) is 45.2 Å². The highest BCUT2D eigenvalue weighted by atomic mass is 16.6.